The van der Waals surface area contributed by atoms with E-state index in [9.17, 15) is 12.8 Å². The number of sulfone groups is 1. The minimum atomic E-state index is -3.42. The van der Waals surface area contributed by atoms with Crippen LogP contribution in [0.4, 0.5) is 4.39 Å². The van der Waals surface area contributed by atoms with Crippen LogP contribution in [0.5, 0.6) is 0 Å². The van der Waals surface area contributed by atoms with E-state index >= 15 is 0 Å². The van der Waals surface area contributed by atoms with E-state index in [2.05, 4.69) is 5.32 Å². The van der Waals surface area contributed by atoms with Crippen molar-refractivity contribution in [2.45, 2.75) is 61.6 Å². The number of nitrogens with one attached hydrogen (secondary N) is 1. The molecule has 1 aliphatic rings. The van der Waals surface area contributed by atoms with E-state index < -0.39 is 20.9 Å². The molecule has 0 bridgehead atoms. The van der Waals surface area contributed by atoms with Crippen LogP contribution in [0.1, 0.15) is 45.4 Å². The zero-order valence-corrected chi connectivity index (χ0v) is 13.3. The van der Waals surface area contributed by atoms with Gasteiger partial charge < -0.3 is 5.32 Å². The van der Waals surface area contributed by atoms with Crippen LogP contribution in [-0.4, -0.2) is 26.3 Å². The summed E-state index contributed by atoms with van der Waals surface area (Å²) in [6.45, 7) is 2.76. The summed E-state index contributed by atoms with van der Waals surface area (Å²) in [5, 5.41) is 2.92. The topological polar surface area (TPSA) is 46.2 Å². The summed E-state index contributed by atoms with van der Waals surface area (Å²) in [6, 6.07) is 5.19. The van der Waals surface area contributed by atoms with Gasteiger partial charge in [-0.3, -0.25) is 0 Å². The normalized spacial score (nSPS) is 24.3. The third-order valence-corrected chi connectivity index (χ3v) is 6.50. The van der Waals surface area contributed by atoms with Crippen LogP contribution in [0.15, 0.2) is 29.2 Å². The molecule has 1 N–H and O–H groups in total. The lowest BCUT2D eigenvalue weighted by Crippen LogP contribution is -2.44. The minimum absolute atomic E-state index is 0.00893. The summed E-state index contributed by atoms with van der Waals surface area (Å²) in [6.07, 6.45) is 5.83. The van der Waals surface area contributed by atoms with Gasteiger partial charge >= 0.3 is 0 Å². The highest BCUT2D eigenvalue weighted by Gasteiger charge is 2.34. The van der Waals surface area contributed by atoms with Gasteiger partial charge in [-0.15, -0.1) is 0 Å². The van der Waals surface area contributed by atoms with E-state index in [1.54, 1.807) is 0 Å². The Morgan fingerprint density at radius 2 is 1.71 bits per heavy atom. The van der Waals surface area contributed by atoms with Crippen molar-refractivity contribution < 1.29 is 12.8 Å². The van der Waals surface area contributed by atoms with Crippen LogP contribution in [0.2, 0.25) is 0 Å². The molecule has 0 aliphatic heterocycles. The molecule has 2 unspecified atom stereocenters. The summed E-state index contributed by atoms with van der Waals surface area (Å²) in [5.41, 5.74) is 0. The van der Waals surface area contributed by atoms with Gasteiger partial charge in [0.15, 0.2) is 9.84 Å². The first-order valence-electron chi connectivity index (χ1n) is 7.78. The fourth-order valence-corrected chi connectivity index (χ4v) is 5.12. The Bertz CT molecular complexity index is 542. The van der Waals surface area contributed by atoms with Crippen molar-refractivity contribution in [2.75, 3.05) is 6.54 Å². The van der Waals surface area contributed by atoms with Crippen LogP contribution in [0, 0.1) is 5.82 Å². The summed E-state index contributed by atoms with van der Waals surface area (Å²) < 4.78 is 38.8. The summed E-state index contributed by atoms with van der Waals surface area (Å²) in [7, 11) is -3.42. The van der Waals surface area contributed by atoms with Crippen LogP contribution in [-0.2, 0) is 9.84 Å². The van der Waals surface area contributed by atoms with Crippen molar-refractivity contribution >= 4 is 9.84 Å². The zero-order valence-electron chi connectivity index (χ0n) is 12.5. The Balaban J connectivity index is 2.30. The van der Waals surface area contributed by atoms with Gasteiger partial charge in [0.25, 0.3) is 0 Å². The van der Waals surface area contributed by atoms with Crippen molar-refractivity contribution in [3.63, 3.8) is 0 Å². The highest BCUT2D eigenvalue weighted by atomic mass is 32.2. The maximum Gasteiger partial charge on any atom is 0.182 e. The summed E-state index contributed by atoms with van der Waals surface area (Å²) >= 11 is 0. The van der Waals surface area contributed by atoms with Gasteiger partial charge in [0.1, 0.15) is 5.82 Å². The van der Waals surface area contributed by atoms with E-state index in [0.717, 1.165) is 32.2 Å². The van der Waals surface area contributed by atoms with Crippen molar-refractivity contribution in [3.05, 3.63) is 30.1 Å². The number of rotatable bonds is 4. The average Bonchev–Trinajstić information content (AvgIpc) is 2.42. The third-order valence-electron chi connectivity index (χ3n) is 4.21. The molecule has 1 aliphatic carbocycles. The van der Waals surface area contributed by atoms with Crippen LogP contribution >= 0.6 is 0 Å². The lowest BCUT2D eigenvalue weighted by atomic mass is 9.96. The van der Waals surface area contributed by atoms with Crippen LogP contribution in [0.25, 0.3) is 0 Å². The van der Waals surface area contributed by atoms with E-state index in [-0.39, 0.29) is 10.9 Å². The molecule has 2 rings (SSSR count). The number of halogens is 1. The first-order chi connectivity index (χ1) is 10.1. The number of hydrogen-bond acceptors (Lipinski definition) is 3. The summed E-state index contributed by atoms with van der Waals surface area (Å²) in [5.74, 6) is -0.408. The molecule has 1 aromatic carbocycles. The van der Waals surface area contributed by atoms with Crippen molar-refractivity contribution in [1.82, 2.24) is 5.32 Å². The Kier molecular flexibility index (Phi) is 5.76. The molecule has 0 saturated heterocycles. The second-order valence-electron chi connectivity index (χ2n) is 5.69. The molecule has 0 spiro atoms. The number of benzene rings is 1. The Morgan fingerprint density at radius 1 is 1.10 bits per heavy atom. The molecule has 1 saturated carbocycles. The molecule has 0 amide bonds. The fourth-order valence-electron chi connectivity index (χ4n) is 3.12. The molecule has 5 heteroatoms. The predicted octanol–water partition coefficient (Wildman–Crippen LogP) is 3.30. The highest BCUT2D eigenvalue weighted by Crippen LogP contribution is 2.28. The molecular weight excluding hydrogens is 289 g/mol. The van der Waals surface area contributed by atoms with Gasteiger partial charge in [0.05, 0.1) is 10.1 Å². The van der Waals surface area contributed by atoms with Gasteiger partial charge in [0, 0.05) is 6.04 Å². The van der Waals surface area contributed by atoms with Crippen LogP contribution < -0.4 is 5.32 Å². The Hall–Kier alpha value is -0.940. The maximum atomic E-state index is 13.0. The average molecular weight is 313 g/mol. The molecule has 2 atom stereocenters. The SMILES string of the molecule is CCNC1CCCCCCC1S(=O)(=O)c1ccc(F)cc1. The molecular formula is C16H24FNO2S. The number of hydrogen-bond donors (Lipinski definition) is 1. The highest BCUT2D eigenvalue weighted by molar-refractivity contribution is 7.92. The largest absolute Gasteiger partial charge is 0.313 e. The van der Waals surface area contributed by atoms with Crippen LogP contribution in [0.3, 0.4) is 0 Å². The molecule has 118 valence electrons. The molecule has 0 heterocycles. The van der Waals surface area contributed by atoms with E-state index in [1.807, 2.05) is 6.92 Å². The van der Waals surface area contributed by atoms with Gasteiger partial charge in [-0.05, 0) is 43.7 Å². The summed E-state index contributed by atoms with van der Waals surface area (Å²) in [4.78, 5) is 0.234. The van der Waals surface area contributed by atoms with Crippen molar-refractivity contribution in [2.24, 2.45) is 0 Å². The van der Waals surface area contributed by atoms with Gasteiger partial charge in [0.2, 0.25) is 0 Å². The zero-order chi connectivity index (χ0) is 15.3. The molecule has 1 fully saturated rings. The first kappa shape index (κ1) is 16.4. The lowest BCUT2D eigenvalue weighted by molar-refractivity contribution is 0.392. The lowest BCUT2D eigenvalue weighted by Gasteiger charge is -2.29. The molecule has 0 aromatic heterocycles. The third kappa shape index (κ3) is 4.04. The molecule has 21 heavy (non-hydrogen) atoms. The Morgan fingerprint density at radius 3 is 2.33 bits per heavy atom. The Labute approximate surface area is 126 Å². The van der Waals surface area contributed by atoms with E-state index in [1.165, 1.54) is 30.7 Å². The standard InChI is InChI=1S/C16H24FNO2S/c1-2-18-15-7-5-3-4-6-8-16(15)21(19,20)14-11-9-13(17)10-12-14/h9-12,15-16,18H,2-8H2,1H3. The fraction of sp³-hybridized carbons (Fsp3) is 0.625. The second-order valence-corrected chi connectivity index (χ2v) is 7.86. The van der Waals surface area contributed by atoms with Crippen molar-refractivity contribution in [3.8, 4) is 0 Å². The maximum absolute atomic E-state index is 13.0. The van der Waals surface area contributed by atoms with E-state index in [0.29, 0.717) is 6.42 Å². The monoisotopic (exact) mass is 313 g/mol. The van der Waals surface area contributed by atoms with Gasteiger partial charge in [-0.2, -0.15) is 0 Å². The predicted molar refractivity (Wildman–Crippen MR) is 82.5 cm³/mol. The molecule has 3 nitrogen and oxygen atoms in total. The minimum Gasteiger partial charge on any atom is -0.313 e. The second kappa shape index (κ2) is 7.36. The quantitative estimate of drug-likeness (QED) is 0.868. The smallest absolute Gasteiger partial charge is 0.182 e. The van der Waals surface area contributed by atoms with Gasteiger partial charge in [-0.1, -0.05) is 32.6 Å². The molecule has 1 aromatic rings. The van der Waals surface area contributed by atoms with E-state index in [4.69, 9.17) is 0 Å². The van der Waals surface area contributed by atoms with Gasteiger partial charge in [-0.25, -0.2) is 12.8 Å². The first-order valence-corrected chi connectivity index (χ1v) is 9.33. The van der Waals surface area contributed by atoms with Crippen molar-refractivity contribution in [1.29, 1.82) is 0 Å². The molecule has 0 radical (unpaired) electrons.